The van der Waals surface area contributed by atoms with Crippen LogP contribution in [0.4, 0.5) is 8.78 Å². The predicted octanol–water partition coefficient (Wildman–Crippen LogP) is 9.02. The zero-order valence-corrected chi connectivity index (χ0v) is 19.2. The third-order valence-corrected chi connectivity index (χ3v) is 7.92. The first kappa shape index (κ1) is 23.0. The first-order valence-electron chi connectivity index (χ1n) is 12.4. The molecule has 2 heteroatoms. The molecule has 0 amide bonds. The number of allylic oxidation sites excluding steroid dienone is 2. The lowest BCUT2D eigenvalue weighted by atomic mass is 9.63. The van der Waals surface area contributed by atoms with Crippen molar-refractivity contribution in [1.82, 2.24) is 0 Å². The summed E-state index contributed by atoms with van der Waals surface area (Å²) in [6.07, 6.45) is 15.3. The molecule has 170 valence electrons. The molecule has 2 aliphatic carbocycles. The normalized spacial score (nSPS) is 25.2. The van der Waals surface area contributed by atoms with E-state index in [1.54, 1.807) is 12.1 Å². The maximum absolute atomic E-state index is 15.1. The topological polar surface area (TPSA) is 0 Å². The number of halogens is 2. The number of hydrogen-bond acceptors (Lipinski definition) is 0. The standard InChI is InChI=1S/C30H36F2/c1-3-5-7-21-9-12-23(13-10-21)30-28(31)19-27(20-29(30)32)26-16-15-24-17-22(8-6-4-2)11-14-25(24)18-26/h3-4,9-10,12-13,19-20,22,24-26H,1-2,5-8,11,14-18H2. The molecule has 0 spiro atoms. The number of hydrogen-bond donors (Lipinski definition) is 0. The first-order chi connectivity index (χ1) is 15.6. The van der Waals surface area contributed by atoms with E-state index in [0.29, 0.717) is 11.5 Å². The Bertz CT molecular complexity index is 903. The maximum Gasteiger partial charge on any atom is 0.134 e. The summed E-state index contributed by atoms with van der Waals surface area (Å²) in [5.41, 5.74) is 2.71. The van der Waals surface area contributed by atoms with Crippen LogP contribution < -0.4 is 0 Å². The molecule has 2 aromatic rings. The second kappa shape index (κ2) is 10.6. The van der Waals surface area contributed by atoms with Gasteiger partial charge in [0.15, 0.2) is 0 Å². The van der Waals surface area contributed by atoms with Crippen molar-refractivity contribution in [1.29, 1.82) is 0 Å². The van der Waals surface area contributed by atoms with Crippen molar-refractivity contribution in [2.24, 2.45) is 17.8 Å². The van der Waals surface area contributed by atoms with Crippen LogP contribution >= 0.6 is 0 Å². The zero-order valence-electron chi connectivity index (χ0n) is 19.2. The van der Waals surface area contributed by atoms with Gasteiger partial charge in [-0.2, -0.15) is 0 Å². The molecule has 0 radical (unpaired) electrons. The highest BCUT2D eigenvalue weighted by Crippen LogP contribution is 2.48. The van der Waals surface area contributed by atoms with Gasteiger partial charge in [0.1, 0.15) is 11.6 Å². The van der Waals surface area contributed by atoms with Crippen LogP contribution in [0, 0.1) is 29.4 Å². The molecule has 32 heavy (non-hydrogen) atoms. The Morgan fingerprint density at radius 1 is 0.812 bits per heavy atom. The highest BCUT2D eigenvalue weighted by atomic mass is 19.1. The minimum Gasteiger partial charge on any atom is -0.206 e. The van der Waals surface area contributed by atoms with Crippen molar-refractivity contribution in [3.8, 4) is 11.1 Å². The summed E-state index contributed by atoms with van der Waals surface area (Å²) in [7, 11) is 0. The van der Waals surface area contributed by atoms with Gasteiger partial charge in [-0.1, -0.05) is 42.8 Å². The highest BCUT2D eigenvalue weighted by molar-refractivity contribution is 5.65. The number of aryl methyl sites for hydroxylation is 1. The second-order valence-corrected chi connectivity index (χ2v) is 9.96. The van der Waals surface area contributed by atoms with E-state index in [4.69, 9.17) is 0 Å². The monoisotopic (exact) mass is 434 g/mol. The maximum atomic E-state index is 15.1. The summed E-state index contributed by atoms with van der Waals surface area (Å²) >= 11 is 0. The Morgan fingerprint density at radius 3 is 2.16 bits per heavy atom. The van der Waals surface area contributed by atoms with Gasteiger partial charge in [-0.3, -0.25) is 0 Å². The van der Waals surface area contributed by atoms with Crippen molar-refractivity contribution >= 4 is 0 Å². The van der Waals surface area contributed by atoms with Crippen LogP contribution in [0.15, 0.2) is 61.7 Å². The summed E-state index contributed by atoms with van der Waals surface area (Å²) in [4.78, 5) is 0. The van der Waals surface area contributed by atoms with Crippen LogP contribution in [0.25, 0.3) is 11.1 Å². The van der Waals surface area contributed by atoms with Gasteiger partial charge in [0.25, 0.3) is 0 Å². The lowest BCUT2D eigenvalue weighted by molar-refractivity contribution is 0.115. The van der Waals surface area contributed by atoms with E-state index in [9.17, 15) is 0 Å². The summed E-state index contributed by atoms with van der Waals surface area (Å²) in [6.45, 7) is 7.60. The molecule has 4 rings (SSSR count). The summed E-state index contributed by atoms with van der Waals surface area (Å²) < 4.78 is 30.2. The Kier molecular flexibility index (Phi) is 7.60. The van der Waals surface area contributed by atoms with Crippen LogP contribution in [-0.2, 0) is 6.42 Å². The van der Waals surface area contributed by atoms with Gasteiger partial charge >= 0.3 is 0 Å². The van der Waals surface area contributed by atoms with E-state index in [1.165, 1.54) is 32.1 Å². The van der Waals surface area contributed by atoms with Gasteiger partial charge in [0.2, 0.25) is 0 Å². The average Bonchev–Trinajstić information content (AvgIpc) is 2.81. The third kappa shape index (κ3) is 5.22. The van der Waals surface area contributed by atoms with Gasteiger partial charge in [0.05, 0.1) is 5.56 Å². The Labute approximate surface area is 192 Å². The SMILES string of the molecule is C=CCCc1ccc(-c2c(F)cc(C3CCC4CC(CCC=C)CCC4C3)cc2F)cc1. The molecular formula is C30H36F2. The van der Waals surface area contributed by atoms with Crippen LogP contribution in [0.5, 0.6) is 0 Å². The summed E-state index contributed by atoms with van der Waals surface area (Å²) in [5, 5.41) is 0. The average molecular weight is 435 g/mol. The van der Waals surface area contributed by atoms with E-state index in [-0.39, 0.29) is 11.5 Å². The fourth-order valence-corrected chi connectivity index (χ4v) is 6.12. The van der Waals surface area contributed by atoms with Crippen molar-refractivity contribution in [3.63, 3.8) is 0 Å². The fourth-order valence-electron chi connectivity index (χ4n) is 6.12. The summed E-state index contributed by atoms with van der Waals surface area (Å²) in [6, 6.07) is 10.8. The second-order valence-electron chi connectivity index (χ2n) is 9.96. The van der Waals surface area contributed by atoms with E-state index in [2.05, 4.69) is 13.2 Å². The van der Waals surface area contributed by atoms with Crippen LogP contribution in [0.2, 0.25) is 0 Å². The molecule has 0 aromatic heterocycles. The smallest absolute Gasteiger partial charge is 0.134 e. The van der Waals surface area contributed by atoms with Crippen molar-refractivity contribution in [2.45, 2.75) is 70.1 Å². The Morgan fingerprint density at radius 2 is 1.47 bits per heavy atom. The molecule has 0 aliphatic heterocycles. The number of benzene rings is 2. The van der Waals surface area contributed by atoms with Crippen molar-refractivity contribution < 1.29 is 8.78 Å². The largest absolute Gasteiger partial charge is 0.206 e. The number of rotatable bonds is 8. The molecule has 4 unspecified atom stereocenters. The van der Waals surface area contributed by atoms with E-state index < -0.39 is 11.6 Å². The van der Waals surface area contributed by atoms with Crippen molar-refractivity contribution in [2.75, 3.05) is 0 Å². The molecule has 0 heterocycles. The first-order valence-corrected chi connectivity index (χ1v) is 12.4. The summed E-state index contributed by atoms with van der Waals surface area (Å²) in [5.74, 6) is 1.75. The quantitative estimate of drug-likeness (QED) is 0.364. The fraction of sp³-hybridized carbons (Fsp3) is 0.467. The molecular weight excluding hydrogens is 398 g/mol. The molecule has 2 aliphatic rings. The van der Waals surface area contributed by atoms with Gasteiger partial charge in [-0.15, -0.1) is 13.2 Å². The molecule has 4 atom stereocenters. The van der Waals surface area contributed by atoms with Crippen LogP contribution in [0.1, 0.15) is 74.8 Å². The molecule has 0 saturated heterocycles. The molecule has 2 saturated carbocycles. The lowest BCUT2D eigenvalue weighted by Crippen LogP contribution is -2.30. The van der Waals surface area contributed by atoms with E-state index in [1.807, 2.05) is 36.4 Å². The van der Waals surface area contributed by atoms with E-state index in [0.717, 1.165) is 55.1 Å². The molecule has 2 aromatic carbocycles. The molecule has 0 N–H and O–H groups in total. The number of fused-ring (bicyclic) bond motifs is 1. The third-order valence-electron chi connectivity index (χ3n) is 7.92. The molecule has 0 bridgehead atoms. The Balaban J connectivity index is 1.45. The van der Waals surface area contributed by atoms with Gasteiger partial charge < -0.3 is 0 Å². The minimum atomic E-state index is -0.436. The highest BCUT2D eigenvalue weighted by Gasteiger charge is 2.36. The van der Waals surface area contributed by atoms with Crippen LogP contribution in [-0.4, -0.2) is 0 Å². The van der Waals surface area contributed by atoms with Gasteiger partial charge in [-0.25, -0.2) is 8.78 Å². The van der Waals surface area contributed by atoms with Crippen molar-refractivity contribution in [3.05, 3.63) is 84.5 Å². The minimum absolute atomic E-state index is 0.0976. The lowest BCUT2D eigenvalue weighted by Gasteiger charge is -2.42. The van der Waals surface area contributed by atoms with Crippen LogP contribution in [0.3, 0.4) is 0 Å². The molecule has 0 nitrogen and oxygen atoms in total. The van der Waals surface area contributed by atoms with Gasteiger partial charge in [-0.05, 0) is 110 Å². The predicted molar refractivity (Wildman–Crippen MR) is 131 cm³/mol. The van der Waals surface area contributed by atoms with E-state index >= 15 is 8.78 Å². The zero-order chi connectivity index (χ0) is 22.5. The van der Waals surface area contributed by atoms with Gasteiger partial charge in [0, 0.05) is 0 Å². The Hall–Kier alpha value is -2.22. The molecule has 2 fully saturated rings.